The second-order valence-electron chi connectivity index (χ2n) is 6.18. The SMILES string of the molecule is COc1ncc(Cl)cc1S(=O)(=O)Nc1ccc(F)c(-c2ccc3nc[nH]c3c2)c1F. The molecule has 0 aliphatic heterocycles. The van der Waals surface area contributed by atoms with E-state index in [0.29, 0.717) is 11.0 Å². The number of H-pyrrole nitrogens is 1. The lowest BCUT2D eigenvalue weighted by Crippen LogP contribution is -2.16. The van der Waals surface area contributed by atoms with Crippen LogP contribution in [0.5, 0.6) is 5.88 Å². The number of nitrogens with zero attached hydrogens (tertiary/aromatic N) is 2. The minimum atomic E-state index is -4.34. The molecule has 4 aromatic rings. The molecule has 2 heterocycles. The molecule has 0 spiro atoms. The minimum Gasteiger partial charge on any atom is -0.480 e. The van der Waals surface area contributed by atoms with Crippen LogP contribution in [0, 0.1) is 11.6 Å². The second-order valence-corrected chi connectivity index (χ2v) is 8.27. The van der Waals surface area contributed by atoms with E-state index in [1.54, 1.807) is 6.07 Å². The molecule has 0 amide bonds. The van der Waals surface area contributed by atoms with Gasteiger partial charge >= 0.3 is 0 Å². The number of aromatic nitrogens is 3. The van der Waals surface area contributed by atoms with Gasteiger partial charge in [-0.25, -0.2) is 27.2 Å². The van der Waals surface area contributed by atoms with Crippen molar-refractivity contribution in [2.24, 2.45) is 0 Å². The number of pyridine rings is 1. The first-order valence-electron chi connectivity index (χ1n) is 8.44. The summed E-state index contributed by atoms with van der Waals surface area (Å²) < 4.78 is 62.3. The van der Waals surface area contributed by atoms with Crippen LogP contribution in [0.25, 0.3) is 22.2 Å². The number of hydrogen-bond donors (Lipinski definition) is 2. The summed E-state index contributed by atoms with van der Waals surface area (Å²) in [6, 6.07) is 7.69. The summed E-state index contributed by atoms with van der Waals surface area (Å²) >= 11 is 5.84. The summed E-state index contributed by atoms with van der Waals surface area (Å²) in [7, 11) is -3.11. The Bertz CT molecular complexity index is 1380. The number of imidazole rings is 1. The number of nitrogens with one attached hydrogen (secondary N) is 2. The molecule has 2 aromatic carbocycles. The standard InChI is InChI=1S/C19H13ClF2N4O3S/c1-29-19-16(7-11(20)8-23-19)30(27,28)26-14-5-3-12(21)17(18(14)22)10-2-4-13-15(6-10)25-9-24-13/h2-9,26H,1H3,(H,24,25). The van der Waals surface area contributed by atoms with Gasteiger partial charge in [0.15, 0.2) is 10.7 Å². The maximum atomic E-state index is 15.2. The zero-order valence-corrected chi connectivity index (χ0v) is 16.9. The summed E-state index contributed by atoms with van der Waals surface area (Å²) in [5.41, 5.74) is 0.579. The van der Waals surface area contributed by atoms with E-state index < -0.39 is 27.3 Å². The fourth-order valence-corrected chi connectivity index (χ4v) is 4.37. The van der Waals surface area contributed by atoms with E-state index >= 15 is 4.39 Å². The Kier molecular flexibility index (Phi) is 5.04. The van der Waals surface area contributed by atoms with Crippen LogP contribution in [0.2, 0.25) is 5.02 Å². The zero-order chi connectivity index (χ0) is 21.5. The number of ether oxygens (including phenoxy) is 1. The molecule has 0 aliphatic carbocycles. The predicted octanol–water partition coefficient (Wildman–Crippen LogP) is 4.37. The molecule has 0 radical (unpaired) electrons. The number of fused-ring (bicyclic) bond motifs is 1. The van der Waals surface area contributed by atoms with Gasteiger partial charge in [0.25, 0.3) is 10.0 Å². The number of rotatable bonds is 5. The van der Waals surface area contributed by atoms with Crippen LogP contribution in [-0.2, 0) is 10.0 Å². The fraction of sp³-hybridized carbons (Fsp3) is 0.0526. The van der Waals surface area contributed by atoms with Crippen molar-refractivity contribution in [2.75, 3.05) is 11.8 Å². The average molecular weight is 451 g/mol. The number of anilines is 1. The highest BCUT2D eigenvalue weighted by Crippen LogP contribution is 2.34. The molecule has 0 bridgehead atoms. The Morgan fingerprint density at radius 2 is 1.93 bits per heavy atom. The number of halogens is 3. The quantitative estimate of drug-likeness (QED) is 0.470. The van der Waals surface area contributed by atoms with E-state index in [9.17, 15) is 12.8 Å². The summed E-state index contributed by atoms with van der Waals surface area (Å²) in [6.07, 6.45) is 2.67. The van der Waals surface area contributed by atoms with Crippen LogP contribution in [-0.4, -0.2) is 30.5 Å². The summed E-state index contributed by atoms with van der Waals surface area (Å²) in [5.74, 6) is -2.15. The number of sulfonamides is 1. The maximum Gasteiger partial charge on any atom is 0.267 e. The third kappa shape index (κ3) is 3.55. The van der Waals surface area contributed by atoms with Crippen molar-refractivity contribution in [2.45, 2.75) is 4.90 Å². The van der Waals surface area contributed by atoms with Gasteiger partial charge in [-0.15, -0.1) is 0 Å². The van der Waals surface area contributed by atoms with Gasteiger partial charge in [-0.1, -0.05) is 17.7 Å². The van der Waals surface area contributed by atoms with Crippen LogP contribution in [0.3, 0.4) is 0 Å². The molecule has 0 unspecified atom stereocenters. The van der Waals surface area contributed by atoms with Crippen molar-refractivity contribution < 1.29 is 21.9 Å². The molecular formula is C19H13ClF2N4O3S. The first kappa shape index (κ1) is 20.0. The molecule has 0 saturated heterocycles. The highest BCUT2D eigenvalue weighted by Gasteiger charge is 2.25. The van der Waals surface area contributed by atoms with Crippen LogP contribution in [0.1, 0.15) is 0 Å². The van der Waals surface area contributed by atoms with Crippen molar-refractivity contribution in [1.82, 2.24) is 15.0 Å². The molecule has 2 N–H and O–H groups in total. The van der Waals surface area contributed by atoms with Gasteiger partial charge in [0, 0.05) is 6.20 Å². The molecule has 2 aromatic heterocycles. The highest BCUT2D eigenvalue weighted by molar-refractivity contribution is 7.92. The smallest absolute Gasteiger partial charge is 0.267 e. The number of benzene rings is 2. The van der Waals surface area contributed by atoms with E-state index in [-0.39, 0.29) is 26.9 Å². The first-order chi connectivity index (χ1) is 14.3. The topological polar surface area (TPSA) is 97.0 Å². The lowest BCUT2D eigenvalue weighted by atomic mass is 10.0. The van der Waals surface area contributed by atoms with Crippen molar-refractivity contribution >= 4 is 38.3 Å². The van der Waals surface area contributed by atoms with E-state index in [1.165, 1.54) is 31.8 Å². The fourth-order valence-electron chi connectivity index (χ4n) is 2.94. The number of hydrogen-bond acceptors (Lipinski definition) is 5. The van der Waals surface area contributed by atoms with Gasteiger partial charge in [0.2, 0.25) is 5.88 Å². The summed E-state index contributed by atoms with van der Waals surface area (Å²) in [6.45, 7) is 0. The molecule has 0 aliphatic rings. The van der Waals surface area contributed by atoms with Crippen molar-refractivity contribution in [3.63, 3.8) is 0 Å². The van der Waals surface area contributed by atoms with Gasteiger partial charge in [0.1, 0.15) is 5.82 Å². The second kappa shape index (κ2) is 7.54. The van der Waals surface area contributed by atoms with Gasteiger partial charge in [0.05, 0.1) is 40.7 Å². The van der Waals surface area contributed by atoms with E-state index in [4.69, 9.17) is 16.3 Å². The van der Waals surface area contributed by atoms with Gasteiger partial charge in [-0.3, -0.25) is 4.72 Å². The third-order valence-corrected chi connectivity index (χ3v) is 5.88. The number of aromatic amines is 1. The normalized spacial score (nSPS) is 11.6. The van der Waals surface area contributed by atoms with Crippen LogP contribution in [0.4, 0.5) is 14.5 Å². The molecule has 0 saturated carbocycles. The summed E-state index contributed by atoms with van der Waals surface area (Å²) in [5, 5.41) is 0.0456. The van der Waals surface area contributed by atoms with Gasteiger partial charge < -0.3 is 9.72 Å². The molecule has 7 nitrogen and oxygen atoms in total. The van der Waals surface area contributed by atoms with Crippen LogP contribution < -0.4 is 9.46 Å². The summed E-state index contributed by atoms with van der Waals surface area (Å²) in [4.78, 5) is 10.3. The first-order valence-corrected chi connectivity index (χ1v) is 10.3. The molecule has 0 atom stereocenters. The Morgan fingerprint density at radius 1 is 1.13 bits per heavy atom. The molecule has 11 heteroatoms. The zero-order valence-electron chi connectivity index (χ0n) is 15.3. The van der Waals surface area contributed by atoms with Crippen molar-refractivity contribution in [3.05, 3.63) is 65.6 Å². The van der Waals surface area contributed by atoms with Gasteiger partial charge in [-0.2, -0.15) is 0 Å². The van der Waals surface area contributed by atoms with Crippen molar-refractivity contribution in [1.29, 1.82) is 0 Å². The average Bonchev–Trinajstić information content (AvgIpc) is 3.18. The molecule has 0 fully saturated rings. The number of methoxy groups -OCH3 is 1. The Hall–Kier alpha value is -3.24. The molecule has 154 valence electrons. The largest absolute Gasteiger partial charge is 0.480 e. The van der Waals surface area contributed by atoms with Crippen LogP contribution in [0.15, 0.2) is 53.8 Å². The molecule has 30 heavy (non-hydrogen) atoms. The minimum absolute atomic E-state index is 0.0456. The Morgan fingerprint density at radius 3 is 2.70 bits per heavy atom. The monoisotopic (exact) mass is 450 g/mol. The molecule has 4 rings (SSSR count). The lowest BCUT2D eigenvalue weighted by Gasteiger charge is -2.14. The van der Waals surface area contributed by atoms with E-state index in [2.05, 4.69) is 19.7 Å². The molecular weight excluding hydrogens is 438 g/mol. The Labute approximate surface area is 174 Å². The van der Waals surface area contributed by atoms with Crippen LogP contribution >= 0.6 is 11.6 Å². The lowest BCUT2D eigenvalue weighted by molar-refractivity contribution is 0.385. The van der Waals surface area contributed by atoms with E-state index in [0.717, 1.165) is 18.2 Å². The predicted molar refractivity (Wildman–Crippen MR) is 108 cm³/mol. The third-order valence-electron chi connectivity index (χ3n) is 4.31. The Balaban J connectivity index is 1.79. The highest BCUT2D eigenvalue weighted by atomic mass is 35.5. The van der Waals surface area contributed by atoms with Gasteiger partial charge in [-0.05, 0) is 35.9 Å². The van der Waals surface area contributed by atoms with E-state index in [1.807, 2.05) is 0 Å². The van der Waals surface area contributed by atoms with Crippen molar-refractivity contribution in [3.8, 4) is 17.0 Å². The maximum absolute atomic E-state index is 15.2.